The molecule has 0 saturated heterocycles. The van der Waals surface area contributed by atoms with E-state index in [1.807, 2.05) is 0 Å². The summed E-state index contributed by atoms with van der Waals surface area (Å²) in [6, 6.07) is 104. The van der Waals surface area contributed by atoms with E-state index >= 15 is 0 Å². The molecule has 0 atom stereocenters. The number of benzene rings is 12. The van der Waals surface area contributed by atoms with Crippen LogP contribution in [-0.4, -0.2) is 0 Å². The summed E-state index contributed by atoms with van der Waals surface area (Å²) in [6.45, 7) is 0. The molecule has 0 aromatic heterocycles. The van der Waals surface area contributed by atoms with Gasteiger partial charge in [-0.05, 0) is 147 Å². The Morgan fingerprint density at radius 1 is 0.184 bits per heavy atom. The van der Waals surface area contributed by atoms with Gasteiger partial charge >= 0.3 is 0 Å². The van der Waals surface area contributed by atoms with E-state index < -0.39 is 16.2 Å². The summed E-state index contributed by atoms with van der Waals surface area (Å²) in [5.74, 6) is 0. The van der Waals surface area contributed by atoms with Gasteiger partial charge in [-0.1, -0.05) is 249 Å². The van der Waals surface area contributed by atoms with E-state index in [4.69, 9.17) is 0 Å². The molecule has 0 aliphatic heterocycles. The van der Waals surface area contributed by atoms with Gasteiger partial charge in [0.1, 0.15) is 0 Å². The van der Waals surface area contributed by atoms with E-state index in [1.165, 1.54) is 145 Å². The largest absolute Gasteiger partial charge is 0.309 e. The third-order valence-corrected chi connectivity index (χ3v) is 18.7. The average molecular weight is 960 g/mol. The quantitative estimate of drug-likeness (QED) is 0.171. The smallest absolute Gasteiger partial charge is 0.0726 e. The normalized spacial score (nSPS) is 15.2. The fourth-order valence-corrected chi connectivity index (χ4v) is 16.3. The molecule has 6 aliphatic carbocycles. The average Bonchev–Trinajstić information content (AvgIpc) is 4.38. The summed E-state index contributed by atoms with van der Waals surface area (Å²) < 4.78 is 0. The molecule has 0 bridgehead atoms. The lowest BCUT2D eigenvalue weighted by Gasteiger charge is -2.34. The maximum absolute atomic E-state index is 2.66. The van der Waals surface area contributed by atoms with E-state index in [2.05, 4.69) is 278 Å². The van der Waals surface area contributed by atoms with Crippen LogP contribution >= 0.6 is 0 Å². The van der Waals surface area contributed by atoms with Gasteiger partial charge in [0.2, 0.25) is 0 Å². The lowest BCUT2D eigenvalue weighted by atomic mass is 9.70. The molecule has 0 radical (unpaired) electrons. The first-order chi connectivity index (χ1) is 37.7. The second-order valence-corrected chi connectivity index (χ2v) is 21.6. The van der Waals surface area contributed by atoms with Gasteiger partial charge in [0.25, 0.3) is 0 Å². The molecule has 76 heavy (non-hydrogen) atoms. The van der Waals surface area contributed by atoms with Crippen LogP contribution < -0.4 is 4.90 Å². The van der Waals surface area contributed by atoms with Crippen LogP contribution in [0.2, 0.25) is 0 Å². The van der Waals surface area contributed by atoms with Gasteiger partial charge in [0, 0.05) is 16.8 Å². The van der Waals surface area contributed by atoms with Crippen molar-refractivity contribution in [1.82, 2.24) is 0 Å². The maximum Gasteiger partial charge on any atom is 0.0726 e. The number of fused-ring (bicyclic) bond motifs is 30. The van der Waals surface area contributed by atoms with Gasteiger partial charge in [0.15, 0.2) is 0 Å². The van der Waals surface area contributed by atoms with Crippen LogP contribution in [0.4, 0.5) is 17.1 Å². The Kier molecular flexibility index (Phi) is 7.74. The minimum atomic E-state index is -0.500. The molecule has 1 nitrogen and oxygen atoms in total. The van der Waals surface area contributed by atoms with Crippen molar-refractivity contribution in [2.45, 2.75) is 16.2 Å². The predicted molar refractivity (Wildman–Crippen MR) is 310 cm³/mol. The number of nitrogens with zero attached hydrogens (tertiary/aromatic N) is 1. The number of anilines is 3. The molecule has 350 valence electrons. The minimum absolute atomic E-state index is 0.451. The molecular weight excluding hydrogens is 915 g/mol. The second kappa shape index (κ2) is 14.4. The Balaban J connectivity index is 0.964. The van der Waals surface area contributed by atoms with E-state index in [1.54, 1.807) is 0 Å². The molecule has 0 unspecified atom stereocenters. The van der Waals surface area contributed by atoms with Crippen LogP contribution in [0, 0.1) is 0 Å². The standard InChI is InChI=1S/C75H45N/c1-10-30-57-47(21-1)48-22-2-11-31-58(48)73(57)63-36-16-7-27-53(63)56-45-46(43-44-66(56)73)76(69-41-19-39-67-71(69)54-28-8-17-37-64(54)74(67)59-32-12-3-23-49(59)50-24-4-13-33-60(50)74)70-42-20-40-68-72(70)55-29-9-18-38-65(55)75(68)61-34-14-5-25-51(61)52-26-6-15-35-62(52)75/h1-45H. The summed E-state index contributed by atoms with van der Waals surface area (Å²) in [5.41, 5.74) is 33.6. The van der Waals surface area contributed by atoms with Crippen LogP contribution in [0.25, 0.3) is 66.8 Å². The zero-order chi connectivity index (χ0) is 49.5. The van der Waals surface area contributed by atoms with Gasteiger partial charge in [-0.3, -0.25) is 0 Å². The molecule has 0 N–H and O–H groups in total. The Morgan fingerprint density at radius 3 is 0.750 bits per heavy atom. The van der Waals surface area contributed by atoms with Crippen LogP contribution in [0.3, 0.4) is 0 Å². The van der Waals surface area contributed by atoms with E-state index in [0.717, 1.165) is 5.69 Å². The van der Waals surface area contributed by atoms with E-state index in [0.29, 0.717) is 0 Å². The Bertz CT molecular complexity index is 4240. The highest BCUT2D eigenvalue weighted by Crippen LogP contribution is 2.69. The minimum Gasteiger partial charge on any atom is -0.309 e. The first-order valence-electron chi connectivity index (χ1n) is 26.8. The van der Waals surface area contributed by atoms with E-state index in [-0.39, 0.29) is 0 Å². The maximum atomic E-state index is 2.66. The number of hydrogen-bond donors (Lipinski definition) is 0. The molecule has 12 aromatic carbocycles. The van der Waals surface area contributed by atoms with Crippen molar-refractivity contribution in [3.8, 4) is 66.8 Å². The van der Waals surface area contributed by atoms with Crippen molar-refractivity contribution in [2.75, 3.05) is 4.90 Å². The molecule has 6 aliphatic rings. The Hall–Kier alpha value is -9.56. The van der Waals surface area contributed by atoms with E-state index in [9.17, 15) is 0 Å². The number of hydrogen-bond acceptors (Lipinski definition) is 1. The highest BCUT2D eigenvalue weighted by Gasteiger charge is 2.56. The zero-order valence-corrected chi connectivity index (χ0v) is 41.4. The molecule has 1 heteroatoms. The van der Waals surface area contributed by atoms with Crippen LogP contribution in [-0.2, 0) is 16.2 Å². The molecule has 0 heterocycles. The van der Waals surface area contributed by atoms with Crippen molar-refractivity contribution in [2.24, 2.45) is 0 Å². The summed E-state index contributed by atoms with van der Waals surface area (Å²) >= 11 is 0. The van der Waals surface area contributed by atoms with Gasteiger partial charge in [-0.25, -0.2) is 0 Å². The SMILES string of the molecule is c1ccc2c(c1)-c1ccccc1C21c2ccccc2-c2cc(N(c3cccc4c3-c3ccccc3C43c4ccccc4-c4ccccc43)c3cccc4c3-c3ccccc3C43c4ccccc4-c4ccccc43)ccc21. The lowest BCUT2D eigenvalue weighted by Crippen LogP contribution is -2.26. The molecule has 0 amide bonds. The molecular formula is C75H45N. The van der Waals surface area contributed by atoms with Crippen LogP contribution in [0.15, 0.2) is 273 Å². The summed E-state index contributed by atoms with van der Waals surface area (Å²) in [4.78, 5) is 2.66. The van der Waals surface area contributed by atoms with Crippen molar-refractivity contribution in [1.29, 1.82) is 0 Å². The molecule has 18 rings (SSSR count). The molecule has 3 spiro atoms. The lowest BCUT2D eigenvalue weighted by molar-refractivity contribution is 0.793. The van der Waals surface area contributed by atoms with Crippen molar-refractivity contribution < 1.29 is 0 Å². The monoisotopic (exact) mass is 959 g/mol. The third kappa shape index (κ3) is 4.56. The fourth-order valence-electron chi connectivity index (χ4n) is 16.3. The second-order valence-electron chi connectivity index (χ2n) is 21.6. The molecule has 0 fully saturated rings. The first-order valence-corrected chi connectivity index (χ1v) is 26.8. The zero-order valence-electron chi connectivity index (χ0n) is 41.4. The fraction of sp³-hybridized carbons (Fsp3) is 0.0400. The number of rotatable bonds is 3. The third-order valence-electron chi connectivity index (χ3n) is 18.7. The summed E-state index contributed by atoms with van der Waals surface area (Å²) in [7, 11) is 0. The summed E-state index contributed by atoms with van der Waals surface area (Å²) in [5, 5.41) is 0. The topological polar surface area (TPSA) is 3.24 Å². The summed E-state index contributed by atoms with van der Waals surface area (Å²) in [6.07, 6.45) is 0. The Morgan fingerprint density at radius 2 is 0.421 bits per heavy atom. The van der Waals surface area contributed by atoms with Gasteiger partial charge in [0.05, 0.1) is 27.6 Å². The van der Waals surface area contributed by atoms with Gasteiger partial charge in [-0.2, -0.15) is 0 Å². The van der Waals surface area contributed by atoms with Gasteiger partial charge in [-0.15, -0.1) is 0 Å². The van der Waals surface area contributed by atoms with Crippen LogP contribution in [0.1, 0.15) is 66.8 Å². The van der Waals surface area contributed by atoms with Gasteiger partial charge < -0.3 is 4.90 Å². The van der Waals surface area contributed by atoms with Crippen molar-refractivity contribution in [3.63, 3.8) is 0 Å². The highest BCUT2D eigenvalue weighted by atomic mass is 15.2. The van der Waals surface area contributed by atoms with Crippen molar-refractivity contribution >= 4 is 17.1 Å². The van der Waals surface area contributed by atoms with Crippen LogP contribution in [0.5, 0.6) is 0 Å². The molecule has 12 aromatic rings. The Labute approximate surface area is 442 Å². The molecule has 0 saturated carbocycles. The predicted octanol–water partition coefficient (Wildman–Crippen LogP) is 18.2. The van der Waals surface area contributed by atoms with Crippen molar-refractivity contribution in [3.05, 3.63) is 340 Å². The first kappa shape index (κ1) is 40.9. The highest BCUT2D eigenvalue weighted by molar-refractivity contribution is 6.06.